The average molecular weight is 366 g/mol. The number of ether oxygens (including phenoxy) is 2. The molecule has 0 atom stereocenters. The number of hydrogen-bond donors (Lipinski definition) is 1. The van der Waals surface area contributed by atoms with E-state index in [0.29, 0.717) is 22.9 Å². The van der Waals surface area contributed by atoms with E-state index in [4.69, 9.17) is 9.47 Å². The van der Waals surface area contributed by atoms with Crippen LogP contribution in [0.2, 0.25) is 0 Å². The number of nitrogens with one attached hydrogen (secondary N) is 1. The molecule has 0 saturated carbocycles. The molecule has 0 spiro atoms. The smallest absolute Gasteiger partial charge is 0.248 e. The van der Waals surface area contributed by atoms with Gasteiger partial charge in [-0.15, -0.1) is 11.3 Å². The molecule has 0 aliphatic carbocycles. The summed E-state index contributed by atoms with van der Waals surface area (Å²) in [6, 6.07) is 14.6. The van der Waals surface area contributed by atoms with Crippen molar-refractivity contribution in [2.24, 2.45) is 0 Å². The van der Waals surface area contributed by atoms with Gasteiger partial charge in [0.05, 0.1) is 17.8 Å². The van der Waals surface area contributed by atoms with Crippen LogP contribution >= 0.6 is 11.3 Å². The zero-order chi connectivity index (χ0) is 18.4. The Bertz CT molecular complexity index is 917. The van der Waals surface area contributed by atoms with Gasteiger partial charge in [-0.2, -0.15) is 0 Å². The average Bonchev–Trinajstić information content (AvgIpc) is 3.07. The molecule has 3 rings (SSSR count). The first-order valence-corrected chi connectivity index (χ1v) is 8.84. The molecule has 6 heteroatoms. The van der Waals surface area contributed by atoms with E-state index in [1.54, 1.807) is 48.8 Å². The molecular formula is C20H18N2O3S. The topological polar surface area (TPSA) is 60.5 Å². The Kier molecular flexibility index (Phi) is 5.66. The number of rotatable bonds is 6. The zero-order valence-electron chi connectivity index (χ0n) is 14.4. The minimum Gasteiger partial charge on any atom is -0.493 e. The highest BCUT2D eigenvalue weighted by Gasteiger charge is 2.05. The van der Waals surface area contributed by atoms with E-state index < -0.39 is 0 Å². The highest BCUT2D eigenvalue weighted by atomic mass is 32.1. The number of hydrogen-bond acceptors (Lipinski definition) is 5. The molecule has 1 heterocycles. The van der Waals surface area contributed by atoms with Crippen LogP contribution in [0.4, 0.5) is 5.69 Å². The van der Waals surface area contributed by atoms with Gasteiger partial charge in [-0.1, -0.05) is 12.1 Å². The van der Waals surface area contributed by atoms with Gasteiger partial charge in [-0.25, -0.2) is 4.98 Å². The number of thiazole rings is 1. The number of nitrogens with zero attached hydrogens (tertiary/aromatic N) is 1. The number of benzene rings is 2. The largest absolute Gasteiger partial charge is 0.493 e. The molecule has 1 amide bonds. The fourth-order valence-corrected chi connectivity index (χ4v) is 2.82. The Morgan fingerprint density at radius 3 is 2.50 bits per heavy atom. The lowest BCUT2D eigenvalue weighted by atomic mass is 10.3. The van der Waals surface area contributed by atoms with Gasteiger partial charge < -0.3 is 14.8 Å². The van der Waals surface area contributed by atoms with Gasteiger partial charge in [0.15, 0.2) is 11.5 Å². The summed E-state index contributed by atoms with van der Waals surface area (Å²) in [7, 11) is 1.60. The van der Waals surface area contributed by atoms with Gasteiger partial charge >= 0.3 is 0 Å². The third kappa shape index (κ3) is 4.70. The van der Waals surface area contributed by atoms with Gasteiger partial charge in [0, 0.05) is 17.1 Å². The van der Waals surface area contributed by atoms with Crippen LogP contribution in [0.15, 0.2) is 60.0 Å². The second kappa shape index (κ2) is 8.31. The summed E-state index contributed by atoms with van der Waals surface area (Å²) in [5, 5.41) is 5.68. The molecule has 0 aliphatic rings. The molecule has 0 fully saturated rings. The number of anilines is 1. The van der Waals surface area contributed by atoms with Crippen LogP contribution in [0.5, 0.6) is 17.2 Å². The van der Waals surface area contributed by atoms with Crippen molar-refractivity contribution in [3.63, 3.8) is 0 Å². The van der Waals surface area contributed by atoms with Crippen molar-refractivity contribution >= 4 is 29.0 Å². The van der Waals surface area contributed by atoms with Crippen LogP contribution in [-0.4, -0.2) is 18.0 Å². The van der Waals surface area contributed by atoms with E-state index in [2.05, 4.69) is 10.3 Å². The molecule has 0 unspecified atom stereocenters. The van der Waals surface area contributed by atoms with E-state index in [9.17, 15) is 4.79 Å². The minimum atomic E-state index is -0.214. The van der Waals surface area contributed by atoms with Crippen molar-refractivity contribution in [2.75, 3.05) is 12.4 Å². The maximum absolute atomic E-state index is 12.0. The molecule has 0 saturated heterocycles. The highest BCUT2D eigenvalue weighted by Crippen LogP contribution is 2.31. The summed E-state index contributed by atoms with van der Waals surface area (Å²) in [6.45, 7) is 1.93. The van der Waals surface area contributed by atoms with E-state index >= 15 is 0 Å². The fourth-order valence-electron chi connectivity index (χ4n) is 2.24. The predicted octanol–water partition coefficient (Wildman–Crippen LogP) is 4.90. The van der Waals surface area contributed by atoms with Crippen molar-refractivity contribution in [1.29, 1.82) is 0 Å². The highest BCUT2D eigenvalue weighted by molar-refractivity contribution is 7.09. The Labute approximate surface area is 155 Å². The molecule has 0 radical (unpaired) electrons. The number of carbonyl (C=O) groups is 1. The number of aromatic nitrogens is 1. The first-order valence-electron chi connectivity index (χ1n) is 7.96. The Morgan fingerprint density at radius 2 is 1.85 bits per heavy atom. The molecule has 1 N–H and O–H groups in total. The predicted molar refractivity (Wildman–Crippen MR) is 104 cm³/mol. The Hall–Kier alpha value is -3.12. The monoisotopic (exact) mass is 366 g/mol. The maximum Gasteiger partial charge on any atom is 0.248 e. The summed E-state index contributed by atoms with van der Waals surface area (Å²) < 4.78 is 11.1. The molecule has 0 bridgehead atoms. The molecule has 2 aromatic carbocycles. The molecule has 1 aromatic heterocycles. The summed E-state index contributed by atoms with van der Waals surface area (Å²) in [6.07, 6.45) is 3.16. The van der Waals surface area contributed by atoms with E-state index in [0.717, 1.165) is 10.7 Å². The van der Waals surface area contributed by atoms with Crippen molar-refractivity contribution in [2.45, 2.75) is 6.92 Å². The van der Waals surface area contributed by atoms with E-state index in [1.807, 2.05) is 36.6 Å². The second-order valence-corrected chi connectivity index (χ2v) is 6.45. The SMILES string of the molecule is COc1ccccc1Oc1ccc(NC(=O)/C=C/c2csc(C)n2)cc1. The number of amides is 1. The van der Waals surface area contributed by atoms with Crippen LogP contribution in [0.3, 0.4) is 0 Å². The number of carbonyl (C=O) groups excluding carboxylic acids is 1. The van der Waals surface area contributed by atoms with Crippen LogP contribution in [-0.2, 0) is 4.79 Å². The Morgan fingerprint density at radius 1 is 1.12 bits per heavy atom. The standard InChI is InChI=1S/C20H18N2O3S/c1-14-21-16(13-26-14)9-12-20(23)22-15-7-10-17(11-8-15)25-19-6-4-3-5-18(19)24-2/h3-13H,1-2H3,(H,22,23)/b12-9+. The zero-order valence-corrected chi connectivity index (χ0v) is 15.2. The van der Waals surface area contributed by atoms with Crippen LogP contribution < -0.4 is 14.8 Å². The van der Waals surface area contributed by atoms with Gasteiger partial charge in [-0.05, 0) is 49.4 Å². The van der Waals surface area contributed by atoms with Crippen molar-refractivity contribution in [3.8, 4) is 17.2 Å². The van der Waals surface area contributed by atoms with Crippen LogP contribution in [0.1, 0.15) is 10.7 Å². The molecular weight excluding hydrogens is 348 g/mol. The van der Waals surface area contributed by atoms with Crippen molar-refractivity contribution in [1.82, 2.24) is 4.98 Å². The molecule has 132 valence electrons. The maximum atomic E-state index is 12.0. The van der Waals surface area contributed by atoms with Crippen LogP contribution in [0, 0.1) is 6.92 Å². The summed E-state index contributed by atoms with van der Waals surface area (Å²) in [5.74, 6) is 1.73. The number of methoxy groups -OCH3 is 1. The number of para-hydroxylation sites is 2. The quantitative estimate of drug-likeness (QED) is 0.630. The van der Waals surface area contributed by atoms with E-state index in [1.165, 1.54) is 6.08 Å². The fraction of sp³-hybridized carbons (Fsp3) is 0.100. The first-order chi connectivity index (χ1) is 12.6. The lowest BCUT2D eigenvalue weighted by Crippen LogP contribution is -2.07. The minimum absolute atomic E-state index is 0.214. The molecule has 26 heavy (non-hydrogen) atoms. The molecule has 0 aliphatic heterocycles. The van der Waals surface area contributed by atoms with Gasteiger partial charge in [0.25, 0.3) is 0 Å². The van der Waals surface area contributed by atoms with Gasteiger partial charge in [0.1, 0.15) is 5.75 Å². The lowest BCUT2D eigenvalue weighted by Gasteiger charge is -2.10. The summed E-state index contributed by atoms with van der Waals surface area (Å²) >= 11 is 1.55. The van der Waals surface area contributed by atoms with E-state index in [-0.39, 0.29) is 5.91 Å². The second-order valence-electron chi connectivity index (χ2n) is 5.39. The Balaban J connectivity index is 1.60. The van der Waals surface area contributed by atoms with Gasteiger partial charge in [0.2, 0.25) is 5.91 Å². The summed E-state index contributed by atoms with van der Waals surface area (Å²) in [5.41, 5.74) is 1.46. The molecule has 5 nitrogen and oxygen atoms in total. The normalized spacial score (nSPS) is 10.7. The lowest BCUT2D eigenvalue weighted by molar-refractivity contribution is -0.111. The van der Waals surface area contributed by atoms with Crippen molar-refractivity contribution in [3.05, 3.63) is 70.7 Å². The first kappa shape index (κ1) is 17.7. The molecule has 3 aromatic rings. The van der Waals surface area contributed by atoms with Crippen molar-refractivity contribution < 1.29 is 14.3 Å². The third-order valence-corrected chi connectivity index (χ3v) is 4.25. The number of aryl methyl sites for hydroxylation is 1. The van der Waals surface area contributed by atoms with Gasteiger partial charge in [-0.3, -0.25) is 4.79 Å². The third-order valence-electron chi connectivity index (χ3n) is 3.46. The van der Waals surface area contributed by atoms with Crippen LogP contribution in [0.25, 0.3) is 6.08 Å². The summed E-state index contributed by atoms with van der Waals surface area (Å²) in [4.78, 5) is 16.3.